The molecule has 3 rings (SSSR count). The number of anilines is 1. The van der Waals surface area contributed by atoms with Crippen LogP contribution in [0.4, 0.5) is 5.69 Å². The van der Waals surface area contributed by atoms with Gasteiger partial charge in [0.1, 0.15) is 11.5 Å². The van der Waals surface area contributed by atoms with Crippen molar-refractivity contribution < 1.29 is 14.3 Å². The lowest BCUT2D eigenvalue weighted by molar-refractivity contribution is 0.102. The first-order chi connectivity index (χ1) is 12.6. The van der Waals surface area contributed by atoms with Crippen molar-refractivity contribution in [1.82, 2.24) is 9.78 Å². The Balaban J connectivity index is 1.75. The zero-order valence-corrected chi connectivity index (χ0v) is 15.0. The fraction of sp³-hybridized carbons (Fsp3) is 0.200. The first-order valence-corrected chi connectivity index (χ1v) is 8.36. The van der Waals surface area contributed by atoms with E-state index in [4.69, 9.17) is 9.47 Å². The molecule has 0 saturated heterocycles. The Morgan fingerprint density at radius 2 is 1.73 bits per heavy atom. The molecule has 1 N–H and O–H groups in total. The molecule has 0 atom stereocenters. The molecule has 0 bridgehead atoms. The molecule has 0 aliphatic carbocycles. The lowest BCUT2D eigenvalue weighted by Crippen LogP contribution is -2.13. The molecular weight excluding hydrogens is 330 g/mol. The van der Waals surface area contributed by atoms with Crippen LogP contribution in [-0.4, -0.2) is 29.4 Å². The van der Waals surface area contributed by atoms with E-state index in [0.717, 1.165) is 22.9 Å². The Morgan fingerprint density at radius 1 is 1.08 bits per heavy atom. The zero-order valence-electron chi connectivity index (χ0n) is 15.0. The van der Waals surface area contributed by atoms with Crippen molar-refractivity contribution in [2.75, 3.05) is 19.0 Å². The SMILES string of the molecule is CCOc1ccc(NC(=O)c2cc(C)n(-c3ccc(OC)cc3)n2)cc1. The van der Waals surface area contributed by atoms with Crippen LogP contribution < -0.4 is 14.8 Å². The van der Waals surface area contributed by atoms with Crippen molar-refractivity contribution in [1.29, 1.82) is 0 Å². The van der Waals surface area contributed by atoms with Crippen LogP contribution in [0.2, 0.25) is 0 Å². The van der Waals surface area contributed by atoms with Crippen molar-refractivity contribution in [3.63, 3.8) is 0 Å². The van der Waals surface area contributed by atoms with Crippen molar-refractivity contribution >= 4 is 11.6 Å². The van der Waals surface area contributed by atoms with Crippen molar-refractivity contribution in [3.05, 3.63) is 66.0 Å². The molecule has 6 heteroatoms. The van der Waals surface area contributed by atoms with Gasteiger partial charge in [0.2, 0.25) is 0 Å². The highest BCUT2D eigenvalue weighted by Crippen LogP contribution is 2.19. The maximum Gasteiger partial charge on any atom is 0.276 e. The molecule has 0 aliphatic rings. The van der Waals surface area contributed by atoms with Gasteiger partial charge in [0.25, 0.3) is 5.91 Å². The molecule has 1 amide bonds. The number of amides is 1. The molecule has 2 aromatic carbocycles. The van der Waals surface area contributed by atoms with Gasteiger partial charge in [0, 0.05) is 11.4 Å². The van der Waals surface area contributed by atoms with Crippen LogP contribution in [-0.2, 0) is 0 Å². The highest BCUT2D eigenvalue weighted by molar-refractivity contribution is 6.03. The summed E-state index contributed by atoms with van der Waals surface area (Å²) in [7, 11) is 1.62. The van der Waals surface area contributed by atoms with Gasteiger partial charge in [-0.25, -0.2) is 4.68 Å². The molecular formula is C20H21N3O3. The summed E-state index contributed by atoms with van der Waals surface area (Å²) in [5.41, 5.74) is 2.78. The molecule has 134 valence electrons. The topological polar surface area (TPSA) is 65.4 Å². The lowest BCUT2D eigenvalue weighted by Gasteiger charge is -2.06. The zero-order chi connectivity index (χ0) is 18.5. The van der Waals surface area contributed by atoms with Crippen molar-refractivity contribution in [2.45, 2.75) is 13.8 Å². The molecule has 1 aromatic heterocycles. The van der Waals surface area contributed by atoms with Gasteiger partial charge < -0.3 is 14.8 Å². The summed E-state index contributed by atoms with van der Waals surface area (Å²) in [5.74, 6) is 1.28. The van der Waals surface area contributed by atoms with Crippen LogP contribution in [0.15, 0.2) is 54.6 Å². The fourth-order valence-corrected chi connectivity index (χ4v) is 2.57. The summed E-state index contributed by atoms with van der Waals surface area (Å²) in [5, 5.41) is 7.27. The maximum atomic E-state index is 12.5. The van der Waals surface area contributed by atoms with E-state index in [1.165, 1.54) is 0 Å². The second-order valence-corrected chi connectivity index (χ2v) is 5.69. The third-order valence-corrected chi connectivity index (χ3v) is 3.86. The molecule has 0 spiro atoms. The third-order valence-electron chi connectivity index (χ3n) is 3.86. The van der Waals surface area contributed by atoms with E-state index >= 15 is 0 Å². The van der Waals surface area contributed by atoms with E-state index in [1.54, 1.807) is 30.0 Å². The van der Waals surface area contributed by atoms with Gasteiger partial charge in [-0.15, -0.1) is 0 Å². The summed E-state index contributed by atoms with van der Waals surface area (Å²) in [4.78, 5) is 12.5. The Kier molecular flexibility index (Phi) is 5.22. The minimum absolute atomic E-state index is 0.260. The molecule has 0 fully saturated rings. The van der Waals surface area contributed by atoms with Gasteiger partial charge in [0.05, 0.1) is 19.4 Å². The van der Waals surface area contributed by atoms with E-state index in [2.05, 4.69) is 10.4 Å². The Morgan fingerprint density at radius 3 is 2.35 bits per heavy atom. The standard InChI is InChI=1S/C20H21N3O3/c1-4-26-18-9-5-15(6-10-18)21-20(24)19-13-14(2)23(22-19)16-7-11-17(25-3)12-8-16/h5-13H,4H2,1-3H3,(H,21,24). The number of hydrogen-bond donors (Lipinski definition) is 1. The van der Waals surface area contributed by atoms with Gasteiger partial charge in [-0.2, -0.15) is 5.10 Å². The smallest absolute Gasteiger partial charge is 0.276 e. The van der Waals surface area contributed by atoms with Gasteiger partial charge in [-0.05, 0) is 68.4 Å². The molecule has 26 heavy (non-hydrogen) atoms. The summed E-state index contributed by atoms with van der Waals surface area (Å²) in [6, 6.07) is 16.5. The van der Waals surface area contributed by atoms with Gasteiger partial charge in [-0.1, -0.05) is 0 Å². The number of hydrogen-bond acceptors (Lipinski definition) is 4. The number of ether oxygens (including phenoxy) is 2. The van der Waals surface area contributed by atoms with Crippen molar-refractivity contribution in [2.24, 2.45) is 0 Å². The number of aromatic nitrogens is 2. The molecule has 0 aliphatic heterocycles. The number of rotatable bonds is 6. The molecule has 6 nitrogen and oxygen atoms in total. The van der Waals surface area contributed by atoms with Crippen LogP contribution in [0.5, 0.6) is 11.5 Å². The molecule has 1 heterocycles. The number of methoxy groups -OCH3 is 1. The number of benzene rings is 2. The van der Waals surface area contributed by atoms with E-state index < -0.39 is 0 Å². The van der Waals surface area contributed by atoms with Crippen LogP contribution in [0.1, 0.15) is 23.1 Å². The minimum atomic E-state index is -0.260. The van der Waals surface area contributed by atoms with Crippen LogP contribution >= 0.6 is 0 Å². The van der Waals surface area contributed by atoms with Gasteiger partial charge in [0.15, 0.2) is 5.69 Å². The van der Waals surface area contributed by atoms with Crippen molar-refractivity contribution in [3.8, 4) is 17.2 Å². The Labute approximate surface area is 152 Å². The Bertz CT molecular complexity index is 884. The molecule has 3 aromatic rings. The van der Waals surface area contributed by atoms with E-state index in [1.807, 2.05) is 50.2 Å². The summed E-state index contributed by atoms with van der Waals surface area (Å²) < 4.78 is 12.3. The second kappa shape index (κ2) is 7.74. The first kappa shape index (κ1) is 17.5. The van der Waals surface area contributed by atoms with E-state index in [9.17, 15) is 4.79 Å². The highest BCUT2D eigenvalue weighted by atomic mass is 16.5. The first-order valence-electron chi connectivity index (χ1n) is 8.36. The van der Waals surface area contributed by atoms with E-state index in [0.29, 0.717) is 18.0 Å². The average Bonchev–Trinajstić information content (AvgIpc) is 3.05. The number of nitrogens with zero attached hydrogens (tertiary/aromatic N) is 2. The lowest BCUT2D eigenvalue weighted by atomic mass is 10.3. The van der Waals surface area contributed by atoms with Crippen LogP contribution in [0, 0.1) is 6.92 Å². The third kappa shape index (κ3) is 3.85. The minimum Gasteiger partial charge on any atom is -0.497 e. The predicted octanol–water partition coefficient (Wildman–Crippen LogP) is 3.84. The molecule has 0 saturated carbocycles. The van der Waals surface area contributed by atoms with E-state index in [-0.39, 0.29) is 5.91 Å². The van der Waals surface area contributed by atoms with Gasteiger partial charge >= 0.3 is 0 Å². The molecule has 0 radical (unpaired) electrons. The second-order valence-electron chi connectivity index (χ2n) is 5.69. The largest absolute Gasteiger partial charge is 0.497 e. The maximum absolute atomic E-state index is 12.5. The normalized spacial score (nSPS) is 10.4. The summed E-state index contributed by atoms with van der Waals surface area (Å²) in [6.07, 6.45) is 0. The number of carbonyl (C=O) groups is 1. The van der Waals surface area contributed by atoms with Crippen LogP contribution in [0.3, 0.4) is 0 Å². The molecule has 0 unspecified atom stereocenters. The summed E-state index contributed by atoms with van der Waals surface area (Å²) >= 11 is 0. The number of aryl methyl sites for hydroxylation is 1. The number of carbonyl (C=O) groups excluding carboxylic acids is 1. The van der Waals surface area contributed by atoms with Gasteiger partial charge in [-0.3, -0.25) is 4.79 Å². The number of nitrogens with one attached hydrogen (secondary N) is 1. The quantitative estimate of drug-likeness (QED) is 0.733. The highest BCUT2D eigenvalue weighted by Gasteiger charge is 2.13. The van der Waals surface area contributed by atoms with Crippen LogP contribution in [0.25, 0.3) is 5.69 Å². The monoisotopic (exact) mass is 351 g/mol. The average molecular weight is 351 g/mol. The predicted molar refractivity (Wildman–Crippen MR) is 100 cm³/mol. The summed E-state index contributed by atoms with van der Waals surface area (Å²) in [6.45, 7) is 4.44. The Hall–Kier alpha value is -3.28. The fourth-order valence-electron chi connectivity index (χ4n) is 2.57.